The molecule has 3 rings (SSSR count). The van der Waals surface area contributed by atoms with Gasteiger partial charge in [-0.25, -0.2) is 0 Å². The SMILES string of the molecule is Cc1cccc2c1NC(c1ccc(O)c(Cl)c1)NC2=O. The number of para-hydroxylation sites is 1. The number of amides is 1. The summed E-state index contributed by atoms with van der Waals surface area (Å²) in [5, 5.41) is 15.9. The highest BCUT2D eigenvalue weighted by Gasteiger charge is 2.25. The van der Waals surface area contributed by atoms with Gasteiger partial charge >= 0.3 is 0 Å². The number of hydrogen-bond acceptors (Lipinski definition) is 3. The molecular weight excluding hydrogens is 276 g/mol. The molecule has 0 spiro atoms. The number of carbonyl (C=O) groups excluding carboxylic acids is 1. The van der Waals surface area contributed by atoms with E-state index in [9.17, 15) is 9.90 Å². The number of carbonyl (C=O) groups is 1. The zero-order chi connectivity index (χ0) is 14.3. The molecule has 4 nitrogen and oxygen atoms in total. The number of hydrogen-bond donors (Lipinski definition) is 3. The second-order valence-corrected chi connectivity index (χ2v) is 5.17. The van der Waals surface area contributed by atoms with Gasteiger partial charge in [-0.05, 0) is 36.2 Å². The quantitative estimate of drug-likeness (QED) is 0.755. The minimum atomic E-state index is -0.366. The van der Waals surface area contributed by atoms with Crippen LogP contribution in [0.4, 0.5) is 5.69 Å². The number of anilines is 1. The van der Waals surface area contributed by atoms with E-state index in [-0.39, 0.29) is 22.8 Å². The lowest BCUT2D eigenvalue weighted by molar-refractivity contribution is 0.0935. The standard InChI is InChI=1S/C15H13ClN2O2/c1-8-3-2-4-10-13(8)17-14(18-15(10)20)9-5-6-12(19)11(16)7-9/h2-7,14,17,19H,1H3,(H,18,20). The first-order chi connectivity index (χ1) is 9.56. The highest BCUT2D eigenvalue weighted by Crippen LogP contribution is 2.32. The van der Waals surface area contributed by atoms with Gasteiger partial charge < -0.3 is 15.7 Å². The number of aromatic hydroxyl groups is 1. The summed E-state index contributed by atoms with van der Waals surface area (Å²) in [6.45, 7) is 1.95. The molecule has 0 saturated carbocycles. The van der Waals surface area contributed by atoms with Crippen LogP contribution in [0.15, 0.2) is 36.4 Å². The van der Waals surface area contributed by atoms with Crippen molar-refractivity contribution in [1.29, 1.82) is 0 Å². The van der Waals surface area contributed by atoms with E-state index in [1.54, 1.807) is 18.2 Å². The van der Waals surface area contributed by atoms with Crippen molar-refractivity contribution in [2.24, 2.45) is 0 Å². The van der Waals surface area contributed by atoms with Gasteiger partial charge in [0.05, 0.1) is 16.3 Å². The number of phenolic OH excluding ortho intramolecular Hbond substituents is 1. The lowest BCUT2D eigenvalue weighted by atomic mass is 10.0. The Balaban J connectivity index is 2.00. The number of rotatable bonds is 1. The topological polar surface area (TPSA) is 61.4 Å². The Labute approximate surface area is 121 Å². The normalized spacial score (nSPS) is 17.1. The average Bonchev–Trinajstić information content (AvgIpc) is 2.43. The first kappa shape index (κ1) is 12.8. The van der Waals surface area contributed by atoms with Crippen molar-refractivity contribution >= 4 is 23.2 Å². The summed E-state index contributed by atoms with van der Waals surface area (Å²) in [6.07, 6.45) is -0.366. The summed E-state index contributed by atoms with van der Waals surface area (Å²) in [7, 11) is 0. The van der Waals surface area contributed by atoms with Gasteiger partial charge in [0.25, 0.3) is 5.91 Å². The summed E-state index contributed by atoms with van der Waals surface area (Å²) in [6, 6.07) is 10.5. The van der Waals surface area contributed by atoms with Gasteiger partial charge in [-0.2, -0.15) is 0 Å². The van der Waals surface area contributed by atoms with E-state index in [4.69, 9.17) is 11.6 Å². The Morgan fingerprint density at radius 1 is 1.20 bits per heavy atom. The zero-order valence-electron chi connectivity index (χ0n) is 10.8. The van der Waals surface area contributed by atoms with Gasteiger partial charge in [0.2, 0.25) is 0 Å². The highest BCUT2D eigenvalue weighted by atomic mass is 35.5. The highest BCUT2D eigenvalue weighted by molar-refractivity contribution is 6.32. The Hall–Kier alpha value is -2.20. The van der Waals surface area contributed by atoms with Gasteiger partial charge in [-0.1, -0.05) is 29.8 Å². The Bertz CT molecular complexity index is 700. The first-order valence-electron chi connectivity index (χ1n) is 6.21. The van der Waals surface area contributed by atoms with Crippen LogP contribution in [-0.4, -0.2) is 11.0 Å². The second kappa shape index (κ2) is 4.72. The maximum atomic E-state index is 12.1. The van der Waals surface area contributed by atoms with Gasteiger partial charge in [-0.15, -0.1) is 0 Å². The number of fused-ring (bicyclic) bond motifs is 1. The van der Waals surface area contributed by atoms with E-state index >= 15 is 0 Å². The smallest absolute Gasteiger partial charge is 0.255 e. The lowest BCUT2D eigenvalue weighted by Gasteiger charge is -2.29. The van der Waals surface area contributed by atoms with Gasteiger partial charge in [-0.3, -0.25) is 4.79 Å². The summed E-state index contributed by atoms with van der Waals surface area (Å²) in [5.41, 5.74) is 3.25. The molecule has 1 atom stereocenters. The fourth-order valence-corrected chi connectivity index (χ4v) is 2.50. The molecule has 0 bridgehead atoms. The molecular formula is C15H13ClN2O2. The monoisotopic (exact) mass is 288 g/mol. The molecule has 1 amide bonds. The predicted molar refractivity (Wildman–Crippen MR) is 78.1 cm³/mol. The van der Waals surface area contributed by atoms with Crippen molar-refractivity contribution in [3.8, 4) is 5.75 Å². The third kappa shape index (κ3) is 2.08. The number of phenols is 1. The number of benzene rings is 2. The van der Waals surface area contributed by atoms with E-state index in [1.807, 2.05) is 19.1 Å². The molecule has 1 unspecified atom stereocenters. The molecule has 2 aromatic carbocycles. The van der Waals surface area contributed by atoms with Crippen molar-refractivity contribution in [1.82, 2.24) is 5.32 Å². The van der Waals surface area contributed by atoms with Crippen LogP contribution in [0.25, 0.3) is 0 Å². The van der Waals surface area contributed by atoms with Crippen LogP contribution in [-0.2, 0) is 0 Å². The minimum Gasteiger partial charge on any atom is -0.506 e. The molecule has 0 aromatic heterocycles. The number of nitrogens with one attached hydrogen (secondary N) is 2. The largest absolute Gasteiger partial charge is 0.506 e. The molecule has 1 aliphatic rings. The Kier molecular flexibility index (Phi) is 3.03. The molecule has 1 aliphatic heterocycles. The minimum absolute atomic E-state index is 0.0223. The van der Waals surface area contributed by atoms with Gasteiger partial charge in [0.1, 0.15) is 11.9 Å². The van der Waals surface area contributed by atoms with Crippen LogP contribution < -0.4 is 10.6 Å². The fraction of sp³-hybridized carbons (Fsp3) is 0.133. The van der Waals surface area contributed by atoms with Crippen molar-refractivity contribution in [2.45, 2.75) is 13.1 Å². The van der Waals surface area contributed by atoms with Crippen LogP contribution in [0, 0.1) is 6.92 Å². The molecule has 0 radical (unpaired) electrons. The summed E-state index contributed by atoms with van der Waals surface area (Å²) < 4.78 is 0. The van der Waals surface area contributed by atoms with E-state index in [0.29, 0.717) is 5.56 Å². The fourth-order valence-electron chi connectivity index (χ4n) is 2.31. The zero-order valence-corrected chi connectivity index (χ0v) is 11.5. The second-order valence-electron chi connectivity index (χ2n) is 4.76. The van der Waals surface area contributed by atoms with Crippen LogP contribution in [0.3, 0.4) is 0 Å². The van der Waals surface area contributed by atoms with Crippen LogP contribution in [0.1, 0.15) is 27.7 Å². The molecule has 1 heterocycles. The molecule has 0 fully saturated rings. The van der Waals surface area contributed by atoms with Gasteiger partial charge in [0.15, 0.2) is 0 Å². The molecule has 5 heteroatoms. The first-order valence-corrected chi connectivity index (χ1v) is 6.59. The molecule has 20 heavy (non-hydrogen) atoms. The third-order valence-corrected chi connectivity index (χ3v) is 3.69. The molecule has 2 aromatic rings. The van der Waals surface area contributed by atoms with Crippen molar-refractivity contribution in [3.05, 3.63) is 58.1 Å². The maximum absolute atomic E-state index is 12.1. The van der Waals surface area contributed by atoms with Crippen LogP contribution in [0.5, 0.6) is 5.75 Å². The van der Waals surface area contributed by atoms with Crippen molar-refractivity contribution in [2.75, 3.05) is 5.32 Å². The number of halogens is 1. The van der Waals surface area contributed by atoms with Gasteiger partial charge in [0, 0.05) is 0 Å². The predicted octanol–water partition coefficient (Wildman–Crippen LogP) is 3.21. The van der Waals surface area contributed by atoms with Crippen molar-refractivity contribution in [3.63, 3.8) is 0 Å². The summed E-state index contributed by atoms with van der Waals surface area (Å²) in [4.78, 5) is 12.1. The number of aryl methyl sites for hydroxylation is 1. The molecule has 102 valence electrons. The Morgan fingerprint density at radius 2 is 2.00 bits per heavy atom. The molecule has 3 N–H and O–H groups in total. The third-order valence-electron chi connectivity index (χ3n) is 3.39. The van der Waals surface area contributed by atoms with E-state index < -0.39 is 0 Å². The van der Waals surface area contributed by atoms with Crippen molar-refractivity contribution < 1.29 is 9.90 Å². The maximum Gasteiger partial charge on any atom is 0.255 e. The van der Waals surface area contributed by atoms with E-state index in [2.05, 4.69) is 10.6 Å². The average molecular weight is 289 g/mol. The molecule has 0 saturated heterocycles. The van der Waals surface area contributed by atoms with Crippen LogP contribution in [0.2, 0.25) is 5.02 Å². The van der Waals surface area contributed by atoms with E-state index in [1.165, 1.54) is 6.07 Å². The Morgan fingerprint density at radius 3 is 2.75 bits per heavy atom. The summed E-state index contributed by atoms with van der Waals surface area (Å²) >= 11 is 5.91. The van der Waals surface area contributed by atoms with E-state index in [0.717, 1.165) is 16.8 Å². The van der Waals surface area contributed by atoms with Crippen LogP contribution >= 0.6 is 11.6 Å². The molecule has 0 aliphatic carbocycles. The lowest BCUT2D eigenvalue weighted by Crippen LogP contribution is -2.38. The summed E-state index contributed by atoms with van der Waals surface area (Å²) in [5.74, 6) is -0.106.